The van der Waals surface area contributed by atoms with Crippen molar-refractivity contribution in [3.05, 3.63) is 71.8 Å². The molecule has 1 N–H and O–H groups in total. The Balaban J connectivity index is 2.49. The van der Waals surface area contributed by atoms with E-state index in [1.54, 1.807) is 30.3 Å². The van der Waals surface area contributed by atoms with Crippen molar-refractivity contribution >= 4 is 33.2 Å². The first-order valence-electron chi connectivity index (χ1n) is 8.18. The first-order valence-corrected chi connectivity index (χ1v) is 10.00. The molecule has 5 nitrogen and oxygen atoms in total. The second-order valence-electron chi connectivity index (χ2n) is 5.56. The fourth-order valence-electron chi connectivity index (χ4n) is 2.36. The summed E-state index contributed by atoms with van der Waals surface area (Å²) in [4.78, 5) is 12.1. The molecule has 1 amide bonds. The molecule has 138 valence electrons. The number of para-hydroxylation sites is 1. The lowest BCUT2D eigenvalue weighted by Crippen LogP contribution is -2.32. The van der Waals surface area contributed by atoms with E-state index in [9.17, 15) is 13.2 Å². The van der Waals surface area contributed by atoms with Crippen molar-refractivity contribution < 1.29 is 13.2 Å². The van der Waals surface area contributed by atoms with Gasteiger partial charge in [0.15, 0.2) is 0 Å². The average molecular weight is 393 g/mol. The summed E-state index contributed by atoms with van der Waals surface area (Å²) in [6, 6.07) is 12.9. The van der Waals surface area contributed by atoms with E-state index < -0.39 is 10.0 Å². The Kier molecular flexibility index (Phi) is 6.83. The zero-order valence-corrected chi connectivity index (χ0v) is 16.1. The van der Waals surface area contributed by atoms with Crippen LogP contribution in [0.3, 0.4) is 0 Å². The number of halogens is 1. The lowest BCUT2D eigenvalue weighted by Gasteiger charge is -2.24. The summed E-state index contributed by atoms with van der Waals surface area (Å²) in [5.74, 6) is -0.338. The molecule has 0 saturated heterocycles. The van der Waals surface area contributed by atoms with Crippen molar-refractivity contribution in [2.75, 3.05) is 17.4 Å². The Bertz CT molecular complexity index is 883. The number of hydrogen-bond donors (Lipinski definition) is 1. The van der Waals surface area contributed by atoms with Crippen molar-refractivity contribution in [3.63, 3.8) is 0 Å². The van der Waals surface area contributed by atoms with Gasteiger partial charge in [0.25, 0.3) is 15.9 Å². The van der Waals surface area contributed by atoms with E-state index in [0.717, 1.165) is 6.42 Å². The number of anilines is 1. The lowest BCUT2D eigenvalue weighted by molar-refractivity contribution is 0.0953. The van der Waals surface area contributed by atoms with Crippen LogP contribution in [-0.2, 0) is 10.0 Å². The molecule has 2 aromatic carbocycles. The predicted molar refractivity (Wildman–Crippen MR) is 105 cm³/mol. The van der Waals surface area contributed by atoms with Crippen LogP contribution >= 0.6 is 11.6 Å². The summed E-state index contributed by atoms with van der Waals surface area (Å²) < 4.78 is 27.6. The SMILES string of the molecule is C=CCN(c1ccccc1)S(=O)(=O)c1cc(C(=O)NCCC)ccc1Cl. The maximum Gasteiger partial charge on any atom is 0.266 e. The molecule has 0 spiro atoms. The molecule has 0 heterocycles. The predicted octanol–water partition coefficient (Wildman–Crippen LogP) is 3.86. The minimum atomic E-state index is -3.97. The Morgan fingerprint density at radius 3 is 2.54 bits per heavy atom. The van der Waals surface area contributed by atoms with Gasteiger partial charge in [-0.1, -0.05) is 42.8 Å². The van der Waals surface area contributed by atoms with Gasteiger partial charge in [0.1, 0.15) is 4.90 Å². The molecule has 0 atom stereocenters. The summed E-state index contributed by atoms with van der Waals surface area (Å²) in [5, 5.41) is 2.78. The number of amides is 1. The largest absolute Gasteiger partial charge is 0.352 e. The number of sulfonamides is 1. The molecule has 0 radical (unpaired) electrons. The molecule has 26 heavy (non-hydrogen) atoms. The number of carbonyl (C=O) groups is 1. The zero-order valence-electron chi connectivity index (χ0n) is 14.5. The van der Waals surface area contributed by atoms with Crippen LogP contribution in [-0.4, -0.2) is 27.4 Å². The van der Waals surface area contributed by atoms with E-state index in [1.165, 1.54) is 28.6 Å². The smallest absolute Gasteiger partial charge is 0.266 e. The molecular weight excluding hydrogens is 372 g/mol. The molecule has 7 heteroatoms. The van der Waals surface area contributed by atoms with Crippen molar-refractivity contribution in [2.24, 2.45) is 0 Å². The maximum absolute atomic E-state index is 13.2. The molecule has 0 unspecified atom stereocenters. The first kappa shape index (κ1) is 20.0. The standard InChI is InChI=1S/C19H21ClN2O3S/c1-3-12-21-19(23)15-10-11-17(20)18(14-15)26(24,25)22(13-4-2)16-8-6-5-7-9-16/h4-11,14H,2-3,12-13H2,1H3,(H,21,23). The molecule has 0 aliphatic rings. The topological polar surface area (TPSA) is 66.5 Å². The fourth-order valence-corrected chi connectivity index (χ4v) is 4.29. The number of benzene rings is 2. The second-order valence-corrected chi connectivity index (χ2v) is 7.80. The third-order valence-electron chi connectivity index (χ3n) is 3.64. The highest BCUT2D eigenvalue weighted by Crippen LogP contribution is 2.29. The average Bonchev–Trinajstić information content (AvgIpc) is 2.64. The van der Waals surface area contributed by atoms with Gasteiger partial charge >= 0.3 is 0 Å². The van der Waals surface area contributed by atoms with Gasteiger partial charge in [-0.25, -0.2) is 8.42 Å². The quantitative estimate of drug-likeness (QED) is 0.693. The number of carbonyl (C=O) groups excluding carboxylic acids is 1. The highest BCUT2D eigenvalue weighted by Gasteiger charge is 2.27. The summed E-state index contributed by atoms with van der Waals surface area (Å²) in [5.41, 5.74) is 0.734. The molecule has 0 aliphatic carbocycles. The van der Waals surface area contributed by atoms with Crippen LogP contribution in [0.2, 0.25) is 5.02 Å². The molecule has 2 rings (SSSR count). The highest BCUT2D eigenvalue weighted by atomic mass is 35.5. The first-order chi connectivity index (χ1) is 12.4. The van der Waals surface area contributed by atoms with Crippen molar-refractivity contribution in [3.8, 4) is 0 Å². The summed E-state index contributed by atoms with van der Waals surface area (Å²) >= 11 is 6.16. The molecular formula is C19H21ClN2O3S. The molecule has 0 aromatic heterocycles. The van der Waals surface area contributed by atoms with E-state index >= 15 is 0 Å². The highest BCUT2D eigenvalue weighted by molar-refractivity contribution is 7.93. The summed E-state index contributed by atoms with van der Waals surface area (Å²) in [6.07, 6.45) is 2.28. The van der Waals surface area contributed by atoms with Crippen LogP contribution < -0.4 is 9.62 Å². The Morgan fingerprint density at radius 1 is 1.23 bits per heavy atom. The molecule has 0 saturated carbocycles. The van der Waals surface area contributed by atoms with Gasteiger partial charge in [-0.2, -0.15) is 0 Å². The Hall–Kier alpha value is -2.31. The number of rotatable bonds is 8. The van der Waals surface area contributed by atoms with E-state index in [2.05, 4.69) is 11.9 Å². The van der Waals surface area contributed by atoms with Gasteiger partial charge < -0.3 is 5.32 Å². The van der Waals surface area contributed by atoms with Gasteiger partial charge in [0.05, 0.1) is 17.3 Å². The van der Waals surface area contributed by atoms with Crippen LogP contribution in [0.5, 0.6) is 0 Å². The van der Waals surface area contributed by atoms with E-state index in [4.69, 9.17) is 11.6 Å². The van der Waals surface area contributed by atoms with Gasteiger partial charge in [0.2, 0.25) is 0 Å². The lowest BCUT2D eigenvalue weighted by atomic mass is 10.2. The summed E-state index contributed by atoms with van der Waals surface area (Å²) in [6.45, 7) is 6.16. The van der Waals surface area contributed by atoms with Crippen molar-refractivity contribution in [2.45, 2.75) is 18.2 Å². The minimum Gasteiger partial charge on any atom is -0.352 e. The van der Waals surface area contributed by atoms with Crippen LogP contribution in [0.25, 0.3) is 0 Å². The van der Waals surface area contributed by atoms with Crippen LogP contribution in [0.15, 0.2) is 66.1 Å². The monoisotopic (exact) mass is 392 g/mol. The third-order valence-corrected chi connectivity index (χ3v) is 5.91. The molecule has 0 bridgehead atoms. The van der Waals surface area contributed by atoms with E-state index in [-0.39, 0.29) is 27.9 Å². The Labute approximate surface area is 159 Å². The van der Waals surface area contributed by atoms with Gasteiger partial charge in [-0.05, 0) is 36.8 Å². The number of nitrogens with one attached hydrogen (secondary N) is 1. The summed E-state index contributed by atoms with van der Waals surface area (Å²) in [7, 11) is -3.97. The minimum absolute atomic E-state index is 0.0574. The molecule has 0 aliphatic heterocycles. The molecule has 2 aromatic rings. The fraction of sp³-hybridized carbons (Fsp3) is 0.211. The van der Waals surface area contributed by atoms with Crippen LogP contribution in [0.4, 0.5) is 5.69 Å². The van der Waals surface area contributed by atoms with Crippen molar-refractivity contribution in [1.29, 1.82) is 0 Å². The van der Waals surface area contributed by atoms with Crippen LogP contribution in [0.1, 0.15) is 23.7 Å². The van der Waals surface area contributed by atoms with Crippen LogP contribution in [0, 0.1) is 0 Å². The van der Waals surface area contributed by atoms with Gasteiger partial charge in [0, 0.05) is 12.1 Å². The normalized spacial score (nSPS) is 11.0. The zero-order chi connectivity index (χ0) is 19.2. The van der Waals surface area contributed by atoms with Gasteiger partial charge in [-0.15, -0.1) is 6.58 Å². The second kappa shape index (κ2) is 8.87. The maximum atomic E-state index is 13.2. The van der Waals surface area contributed by atoms with E-state index in [0.29, 0.717) is 12.2 Å². The number of nitrogens with zero attached hydrogens (tertiary/aromatic N) is 1. The van der Waals surface area contributed by atoms with E-state index in [1.807, 2.05) is 6.92 Å². The van der Waals surface area contributed by atoms with Crippen molar-refractivity contribution in [1.82, 2.24) is 5.32 Å². The Morgan fingerprint density at radius 2 is 1.92 bits per heavy atom. The third kappa shape index (κ3) is 4.45. The van der Waals surface area contributed by atoms with Gasteiger partial charge in [-0.3, -0.25) is 9.10 Å². The number of hydrogen-bond acceptors (Lipinski definition) is 3. The molecule has 0 fully saturated rings.